The lowest BCUT2D eigenvalue weighted by atomic mass is 9.97. The van der Waals surface area contributed by atoms with Crippen molar-refractivity contribution in [2.75, 3.05) is 14.2 Å². The molecule has 0 saturated carbocycles. The van der Waals surface area contributed by atoms with E-state index >= 15 is 0 Å². The van der Waals surface area contributed by atoms with Gasteiger partial charge in [-0.3, -0.25) is 9.59 Å². The summed E-state index contributed by atoms with van der Waals surface area (Å²) in [6.45, 7) is 1.85. The molecule has 0 fully saturated rings. The maximum Gasteiger partial charge on any atom is 0.334 e. The highest BCUT2D eigenvalue weighted by atomic mass is 28.4. The molecule has 2 atom stereocenters. The van der Waals surface area contributed by atoms with Crippen LogP contribution in [0.25, 0.3) is 0 Å². The summed E-state index contributed by atoms with van der Waals surface area (Å²) < 4.78 is 10.7. The smallest absolute Gasteiger partial charge is 0.334 e. The van der Waals surface area contributed by atoms with E-state index in [0.29, 0.717) is 18.0 Å². The summed E-state index contributed by atoms with van der Waals surface area (Å²) >= 11 is 0. The Labute approximate surface area is 175 Å². The van der Waals surface area contributed by atoms with Crippen molar-refractivity contribution in [1.82, 2.24) is 5.32 Å². The van der Waals surface area contributed by atoms with Gasteiger partial charge in [0.15, 0.2) is 11.5 Å². The number of aliphatic carboxylic acids is 2. The van der Waals surface area contributed by atoms with Crippen molar-refractivity contribution in [2.45, 2.75) is 44.3 Å². The van der Waals surface area contributed by atoms with Gasteiger partial charge in [-0.1, -0.05) is 12.5 Å². The number of carboxylic acid groups (broad SMARTS) is 2. The van der Waals surface area contributed by atoms with Crippen molar-refractivity contribution < 1.29 is 43.7 Å². The number of phenolic OH excluding ortho intramolecular Hbond substituents is 2. The van der Waals surface area contributed by atoms with E-state index in [4.69, 9.17) is 14.0 Å². The molecule has 0 spiro atoms. The second kappa shape index (κ2) is 11.5. The van der Waals surface area contributed by atoms with E-state index in [-0.39, 0.29) is 18.6 Å². The second-order valence-electron chi connectivity index (χ2n) is 7.16. The molecule has 0 aliphatic carbocycles. The standard InChI is InChI=1S/C19H29NO9Si/c1-28-30(3,29-2)8-4-5-13(11-17(23)24)18(25)20-14(19(26)27)9-12-6-7-15(21)16(22)10-12/h6-7,10,13-14,21-22H,4-5,8-9,11H2,1-3H3,(H,20,25)(H,23,24)(H,26,27). The van der Waals surface area contributed by atoms with E-state index in [9.17, 15) is 29.7 Å². The van der Waals surface area contributed by atoms with Crippen molar-refractivity contribution in [3.8, 4) is 11.5 Å². The van der Waals surface area contributed by atoms with Crippen LogP contribution in [0.3, 0.4) is 0 Å². The Balaban J connectivity index is 2.83. The lowest BCUT2D eigenvalue weighted by molar-refractivity contribution is -0.144. The second-order valence-corrected chi connectivity index (χ2v) is 10.7. The van der Waals surface area contributed by atoms with E-state index < -0.39 is 50.5 Å². The third-order valence-corrected chi connectivity index (χ3v) is 7.92. The van der Waals surface area contributed by atoms with Gasteiger partial charge in [0, 0.05) is 26.6 Å². The summed E-state index contributed by atoms with van der Waals surface area (Å²) in [6, 6.07) is 3.07. The van der Waals surface area contributed by atoms with Crippen molar-refractivity contribution >= 4 is 26.4 Å². The van der Waals surface area contributed by atoms with Crippen LogP contribution in [0.1, 0.15) is 24.8 Å². The first kappa shape index (κ1) is 25.4. The highest BCUT2D eigenvalue weighted by molar-refractivity contribution is 6.65. The number of nitrogens with one attached hydrogen (secondary N) is 1. The molecule has 0 heterocycles. The number of carboxylic acids is 2. The monoisotopic (exact) mass is 443 g/mol. The van der Waals surface area contributed by atoms with Crippen LogP contribution in [0.2, 0.25) is 12.6 Å². The molecule has 1 aromatic carbocycles. The predicted molar refractivity (Wildman–Crippen MR) is 108 cm³/mol. The van der Waals surface area contributed by atoms with Gasteiger partial charge in [0.2, 0.25) is 5.91 Å². The van der Waals surface area contributed by atoms with Gasteiger partial charge in [0.25, 0.3) is 0 Å². The number of rotatable bonds is 13. The van der Waals surface area contributed by atoms with Crippen molar-refractivity contribution in [2.24, 2.45) is 5.92 Å². The molecule has 168 valence electrons. The molecule has 0 bridgehead atoms. The summed E-state index contributed by atoms with van der Waals surface area (Å²) in [5.74, 6) is -4.81. The minimum Gasteiger partial charge on any atom is -0.504 e. The van der Waals surface area contributed by atoms with Crippen LogP contribution in [0.4, 0.5) is 0 Å². The summed E-state index contributed by atoms with van der Waals surface area (Å²) in [5, 5.41) is 39.9. The van der Waals surface area contributed by atoms with E-state index in [0.717, 1.165) is 0 Å². The Morgan fingerprint density at radius 2 is 1.73 bits per heavy atom. The first-order chi connectivity index (χ1) is 14.0. The van der Waals surface area contributed by atoms with Crippen molar-refractivity contribution in [3.63, 3.8) is 0 Å². The van der Waals surface area contributed by atoms with Gasteiger partial charge in [-0.05, 0) is 36.7 Å². The van der Waals surface area contributed by atoms with Gasteiger partial charge < -0.3 is 34.6 Å². The van der Waals surface area contributed by atoms with Crippen LogP contribution in [0.15, 0.2) is 18.2 Å². The molecule has 5 N–H and O–H groups in total. The molecular formula is C19H29NO9Si. The first-order valence-electron chi connectivity index (χ1n) is 9.37. The maximum atomic E-state index is 12.6. The number of aromatic hydroxyl groups is 2. The van der Waals surface area contributed by atoms with E-state index in [1.54, 1.807) is 0 Å². The number of carbonyl (C=O) groups is 3. The van der Waals surface area contributed by atoms with Crippen LogP contribution in [0, 0.1) is 5.92 Å². The number of hydrogen-bond acceptors (Lipinski definition) is 7. The Hall–Kier alpha value is -2.63. The van der Waals surface area contributed by atoms with Gasteiger partial charge in [0.05, 0.1) is 6.42 Å². The highest BCUT2D eigenvalue weighted by Crippen LogP contribution is 2.25. The SMILES string of the molecule is CO[Si](C)(CCCC(CC(=O)O)C(=O)NC(Cc1ccc(O)c(O)c1)C(=O)O)OC. The van der Waals surface area contributed by atoms with Gasteiger partial charge in [-0.2, -0.15) is 0 Å². The fraction of sp³-hybridized carbons (Fsp3) is 0.526. The zero-order chi connectivity index (χ0) is 22.9. The summed E-state index contributed by atoms with van der Waals surface area (Å²) in [6.07, 6.45) is 0.141. The molecule has 0 aliphatic heterocycles. The molecular weight excluding hydrogens is 414 g/mol. The lowest BCUT2D eigenvalue weighted by Crippen LogP contribution is -2.45. The summed E-state index contributed by atoms with van der Waals surface area (Å²) in [5.41, 5.74) is 0.384. The molecule has 1 aromatic rings. The molecule has 0 saturated heterocycles. The zero-order valence-electron chi connectivity index (χ0n) is 17.3. The first-order valence-corrected chi connectivity index (χ1v) is 11.9. The van der Waals surface area contributed by atoms with Gasteiger partial charge in [0.1, 0.15) is 6.04 Å². The molecule has 0 radical (unpaired) electrons. The average Bonchev–Trinajstić information content (AvgIpc) is 2.68. The van der Waals surface area contributed by atoms with Crippen molar-refractivity contribution in [3.05, 3.63) is 23.8 Å². The van der Waals surface area contributed by atoms with Crippen LogP contribution in [-0.2, 0) is 29.7 Å². The van der Waals surface area contributed by atoms with Gasteiger partial charge in [-0.15, -0.1) is 0 Å². The predicted octanol–water partition coefficient (Wildman–Crippen LogP) is 1.45. The van der Waals surface area contributed by atoms with Crippen LogP contribution in [-0.4, -0.2) is 67.1 Å². The molecule has 2 unspecified atom stereocenters. The Bertz CT molecular complexity index is 752. The molecule has 10 nitrogen and oxygen atoms in total. The molecule has 30 heavy (non-hydrogen) atoms. The Morgan fingerprint density at radius 1 is 1.10 bits per heavy atom. The van der Waals surface area contributed by atoms with Gasteiger partial charge >= 0.3 is 20.5 Å². The number of hydrogen-bond donors (Lipinski definition) is 5. The number of phenols is 2. The van der Waals surface area contributed by atoms with Crippen LogP contribution >= 0.6 is 0 Å². The molecule has 0 aromatic heterocycles. The number of carbonyl (C=O) groups excluding carboxylic acids is 1. The normalized spacial score (nSPS) is 13.4. The third-order valence-electron chi connectivity index (χ3n) is 4.93. The molecule has 11 heteroatoms. The largest absolute Gasteiger partial charge is 0.504 e. The summed E-state index contributed by atoms with van der Waals surface area (Å²) in [4.78, 5) is 35.4. The van der Waals surface area contributed by atoms with E-state index in [1.807, 2.05) is 6.55 Å². The minimum atomic E-state index is -2.37. The third kappa shape index (κ3) is 8.01. The van der Waals surface area contributed by atoms with E-state index in [1.165, 1.54) is 32.4 Å². The molecule has 0 aliphatic rings. The van der Waals surface area contributed by atoms with E-state index in [2.05, 4.69) is 5.32 Å². The highest BCUT2D eigenvalue weighted by Gasteiger charge is 2.31. The quantitative estimate of drug-likeness (QED) is 0.224. The van der Waals surface area contributed by atoms with Gasteiger partial charge in [-0.25, -0.2) is 4.79 Å². The maximum absolute atomic E-state index is 12.6. The van der Waals surface area contributed by atoms with Crippen molar-refractivity contribution in [1.29, 1.82) is 0 Å². The molecule has 1 rings (SSSR count). The minimum absolute atomic E-state index is 0.146. The van der Waals surface area contributed by atoms with Crippen LogP contribution < -0.4 is 5.32 Å². The Morgan fingerprint density at radius 3 is 2.23 bits per heavy atom. The fourth-order valence-electron chi connectivity index (χ4n) is 2.92. The fourth-order valence-corrected chi connectivity index (χ4v) is 4.34. The average molecular weight is 444 g/mol. The van der Waals surface area contributed by atoms with Crippen LogP contribution in [0.5, 0.6) is 11.5 Å². The number of benzene rings is 1. The Kier molecular flexibility index (Phi) is 9.76. The number of amides is 1. The molecule has 1 amide bonds. The zero-order valence-corrected chi connectivity index (χ0v) is 18.3. The topological polar surface area (TPSA) is 163 Å². The lowest BCUT2D eigenvalue weighted by Gasteiger charge is -2.24. The summed E-state index contributed by atoms with van der Waals surface area (Å²) in [7, 11) is 0.708.